The van der Waals surface area contributed by atoms with E-state index in [1.807, 2.05) is 6.92 Å². The molecule has 0 saturated carbocycles. The van der Waals surface area contributed by atoms with Crippen LogP contribution in [0.2, 0.25) is 0 Å². The molecule has 0 bridgehead atoms. The molecule has 1 rings (SSSR count). The van der Waals surface area contributed by atoms with E-state index in [0.717, 1.165) is 0 Å². The number of carbonyl (C=O) groups is 2. The Balaban J connectivity index is 2.75. The molecule has 2 N–H and O–H groups in total. The lowest BCUT2D eigenvalue weighted by Crippen LogP contribution is -2.47. The topological polar surface area (TPSA) is 79.3 Å². The lowest BCUT2D eigenvalue weighted by Gasteiger charge is -2.27. The Labute approximate surface area is 99.9 Å². The van der Waals surface area contributed by atoms with Crippen molar-refractivity contribution in [1.29, 1.82) is 0 Å². The van der Waals surface area contributed by atoms with E-state index in [1.54, 1.807) is 19.1 Å². The first-order chi connectivity index (χ1) is 7.97. The SMILES string of the molecule is CCC(C)(CC(=O)O)NC(=O)c1ccncc1. The van der Waals surface area contributed by atoms with Gasteiger partial charge < -0.3 is 10.4 Å². The van der Waals surface area contributed by atoms with Crippen LogP contribution in [0.1, 0.15) is 37.0 Å². The number of nitrogens with zero attached hydrogens (tertiary/aromatic N) is 1. The first-order valence-electron chi connectivity index (χ1n) is 5.41. The van der Waals surface area contributed by atoms with Crippen molar-refractivity contribution in [3.8, 4) is 0 Å². The predicted molar refractivity (Wildman–Crippen MR) is 62.7 cm³/mol. The summed E-state index contributed by atoms with van der Waals surface area (Å²) in [4.78, 5) is 26.4. The fourth-order valence-electron chi connectivity index (χ4n) is 1.44. The highest BCUT2D eigenvalue weighted by atomic mass is 16.4. The van der Waals surface area contributed by atoms with Gasteiger partial charge in [0.15, 0.2) is 0 Å². The Morgan fingerprint density at radius 3 is 2.47 bits per heavy atom. The van der Waals surface area contributed by atoms with Crippen molar-refractivity contribution >= 4 is 11.9 Å². The molecule has 5 nitrogen and oxygen atoms in total. The third-order valence-electron chi connectivity index (χ3n) is 2.68. The van der Waals surface area contributed by atoms with Crippen molar-refractivity contribution < 1.29 is 14.7 Å². The first-order valence-corrected chi connectivity index (χ1v) is 5.41. The third kappa shape index (κ3) is 3.86. The van der Waals surface area contributed by atoms with Crippen LogP contribution in [0.4, 0.5) is 0 Å². The van der Waals surface area contributed by atoms with Crippen molar-refractivity contribution in [3.05, 3.63) is 30.1 Å². The summed E-state index contributed by atoms with van der Waals surface area (Å²) in [7, 11) is 0. The summed E-state index contributed by atoms with van der Waals surface area (Å²) in [5, 5.41) is 11.5. The molecule has 17 heavy (non-hydrogen) atoms. The van der Waals surface area contributed by atoms with Gasteiger partial charge in [0.2, 0.25) is 0 Å². The molecule has 5 heteroatoms. The number of carboxylic acids is 1. The van der Waals surface area contributed by atoms with Gasteiger partial charge >= 0.3 is 5.97 Å². The van der Waals surface area contributed by atoms with Gasteiger partial charge in [0.1, 0.15) is 0 Å². The van der Waals surface area contributed by atoms with Crippen LogP contribution in [0.15, 0.2) is 24.5 Å². The van der Waals surface area contributed by atoms with E-state index < -0.39 is 11.5 Å². The molecule has 0 aliphatic rings. The second-order valence-corrected chi connectivity index (χ2v) is 4.17. The number of aliphatic carboxylic acids is 1. The second-order valence-electron chi connectivity index (χ2n) is 4.17. The number of rotatable bonds is 5. The molecule has 0 fully saturated rings. The first kappa shape index (κ1) is 13.2. The zero-order valence-electron chi connectivity index (χ0n) is 9.93. The zero-order valence-corrected chi connectivity index (χ0v) is 9.93. The van der Waals surface area contributed by atoms with Crippen LogP contribution in [-0.2, 0) is 4.79 Å². The summed E-state index contributed by atoms with van der Waals surface area (Å²) in [5.41, 5.74) is -0.253. The second kappa shape index (κ2) is 5.43. The molecule has 0 aliphatic heterocycles. The molecule has 92 valence electrons. The number of hydrogen-bond donors (Lipinski definition) is 2. The predicted octanol–water partition coefficient (Wildman–Crippen LogP) is 1.45. The Hall–Kier alpha value is -1.91. The molecule has 0 spiro atoms. The number of aromatic nitrogens is 1. The van der Waals surface area contributed by atoms with Crippen molar-refractivity contribution in [2.75, 3.05) is 0 Å². The summed E-state index contributed by atoms with van der Waals surface area (Å²) in [6.45, 7) is 3.57. The van der Waals surface area contributed by atoms with Crippen LogP contribution in [0.5, 0.6) is 0 Å². The van der Waals surface area contributed by atoms with E-state index in [0.29, 0.717) is 12.0 Å². The van der Waals surface area contributed by atoms with Crippen molar-refractivity contribution in [2.24, 2.45) is 0 Å². The summed E-state index contributed by atoms with van der Waals surface area (Å²) < 4.78 is 0. The Morgan fingerprint density at radius 1 is 1.41 bits per heavy atom. The maximum absolute atomic E-state index is 11.9. The smallest absolute Gasteiger partial charge is 0.305 e. The molecule has 0 aromatic carbocycles. The molecular formula is C12H16N2O3. The van der Waals surface area contributed by atoms with Crippen LogP contribution >= 0.6 is 0 Å². The standard InChI is InChI=1S/C12H16N2O3/c1-3-12(2,8-10(15)16)14-11(17)9-4-6-13-7-5-9/h4-7H,3,8H2,1-2H3,(H,14,17)(H,15,16). The summed E-state index contributed by atoms with van der Waals surface area (Å²) >= 11 is 0. The molecule has 1 atom stereocenters. The number of carbonyl (C=O) groups excluding carboxylic acids is 1. The monoisotopic (exact) mass is 236 g/mol. The minimum atomic E-state index is -0.927. The molecule has 0 radical (unpaired) electrons. The highest BCUT2D eigenvalue weighted by Crippen LogP contribution is 2.15. The Kier molecular flexibility index (Phi) is 4.20. The number of pyridine rings is 1. The molecule has 1 aromatic rings. The van der Waals surface area contributed by atoms with Crippen LogP contribution in [0, 0.1) is 0 Å². The van der Waals surface area contributed by atoms with Crippen molar-refractivity contribution in [1.82, 2.24) is 10.3 Å². The van der Waals surface area contributed by atoms with Gasteiger partial charge in [0, 0.05) is 23.5 Å². The summed E-state index contributed by atoms with van der Waals surface area (Å²) in [5.74, 6) is -1.21. The maximum Gasteiger partial charge on any atom is 0.305 e. The molecular weight excluding hydrogens is 220 g/mol. The highest BCUT2D eigenvalue weighted by Gasteiger charge is 2.27. The van der Waals surface area contributed by atoms with Gasteiger partial charge in [-0.2, -0.15) is 0 Å². The quantitative estimate of drug-likeness (QED) is 0.811. The fourth-order valence-corrected chi connectivity index (χ4v) is 1.44. The van der Waals surface area contributed by atoms with Crippen molar-refractivity contribution in [2.45, 2.75) is 32.2 Å². The molecule has 0 saturated heterocycles. The molecule has 1 amide bonds. The van der Waals surface area contributed by atoms with Gasteiger partial charge in [0.25, 0.3) is 5.91 Å². The van der Waals surface area contributed by atoms with Gasteiger partial charge in [0.05, 0.1) is 6.42 Å². The van der Waals surface area contributed by atoms with Gasteiger partial charge in [-0.3, -0.25) is 14.6 Å². The summed E-state index contributed by atoms with van der Waals surface area (Å²) in [6, 6.07) is 3.18. The third-order valence-corrected chi connectivity index (χ3v) is 2.68. The Morgan fingerprint density at radius 2 is 2.00 bits per heavy atom. The van der Waals surface area contributed by atoms with Gasteiger partial charge in [-0.1, -0.05) is 6.92 Å². The van der Waals surface area contributed by atoms with Crippen molar-refractivity contribution in [3.63, 3.8) is 0 Å². The molecule has 1 aromatic heterocycles. The zero-order chi connectivity index (χ0) is 12.9. The van der Waals surface area contributed by atoms with Gasteiger partial charge in [-0.15, -0.1) is 0 Å². The van der Waals surface area contributed by atoms with Gasteiger partial charge in [-0.25, -0.2) is 0 Å². The average molecular weight is 236 g/mol. The van der Waals surface area contributed by atoms with E-state index >= 15 is 0 Å². The number of hydrogen-bond acceptors (Lipinski definition) is 3. The minimum Gasteiger partial charge on any atom is -0.481 e. The van der Waals surface area contributed by atoms with Crippen LogP contribution in [0.25, 0.3) is 0 Å². The van der Waals surface area contributed by atoms with Crippen LogP contribution in [-0.4, -0.2) is 27.5 Å². The van der Waals surface area contributed by atoms with E-state index in [4.69, 9.17) is 5.11 Å². The highest BCUT2D eigenvalue weighted by molar-refractivity contribution is 5.94. The van der Waals surface area contributed by atoms with E-state index in [1.165, 1.54) is 12.4 Å². The van der Waals surface area contributed by atoms with Gasteiger partial charge in [-0.05, 0) is 25.5 Å². The van der Waals surface area contributed by atoms with E-state index in [-0.39, 0.29) is 12.3 Å². The Bertz CT molecular complexity index is 405. The molecule has 1 unspecified atom stereocenters. The van der Waals surface area contributed by atoms with Crippen LogP contribution in [0.3, 0.4) is 0 Å². The average Bonchev–Trinajstić information content (AvgIpc) is 2.29. The number of amides is 1. The minimum absolute atomic E-state index is 0.0969. The van der Waals surface area contributed by atoms with E-state index in [2.05, 4.69) is 10.3 Å². The van der Waals surface area contributed by atoms with E-state index in [9.17, 15) is 9.59 Å². The molecule has 0 aliphatic carbocycles. The normalized spacial score (nSPS) is 13.8. The number of carboxylic acid groups (broad SMARTS) is 1. The lowest BCUT2D eigenvalue weighted by atomic mass is 9.94. The maximum atomic E-state index is 11.9. The number of nitrogens with one attached hydrogen (secondary N) is 1. The summed E-state index contributed by atoms with van der Waals surface area (Å²) in [6.07, 6.45) is 3.50. The molecule has 1 heterocycles. The van der Waals surface area contributed by atoms with Crippen LogP contribution < -0.4 is 5.32 Å². The largest absolute Gasteiger partial charge is 0.481 e. The lowest BCUT2D eigenvalue weighted by molar-refractivity contribution is -0.138. The fraction of sp³-hybridized carbons (Fsp3) is 0.417.